The molecule has 0 bridgehead atoms. The van der Waals surface area contributed by atoms with Gasteiger partial charge in [-0.15, -0.1) is 0 Å². The fourth-order valence-corrected chi connectivity index (χ4v) is 3.90. The Bertz CT molecular complexity index is 442. The lowest BCUT2D eigenvalue weighted by Gasteiger charge is -2.26. The number of nitrogens with one attached hydrogen (secondary N) is 1. The highest BCUT2D eigenvalue weighted by molar-refractivity contribution is 7.99. The van der Waals surface area contributed by atoms with Crippen LogP contribution in [0, 0.1) is 0 Å². The molecule has 1 saturated heterocycles. The SMILES string of the molecule is CCCc1cc(CNC(C)C)cc(N(C)C2CCSC2)n1. The number of nitrogens with zero attached hydrogens (tertiary/aromatic N) is 2. The van der Waals surface area contributed by atoms with E-state index in [0.717, 1.165) is 25.2 Å². The quantitative estimate of drug-likeness (QED) is 0.835. The molecule has 2 rings (SSSR count). The molecular formula is C17H29N3S. The molecule has 1 unspecified atom stereocenters. The fraction of sp³-hybridized carbons (Fsp3) is 0.706. The van der Waals surface area contributed by atoms with Crippen molar-refractivity contribution in [3.63, 3.8) is 0 Å². The van der Waals surface area contributed by atoms with Crippen LogP contribution >= 0.6 is 11.8 Å². The minimum atomic E-state index is 0.514. The van der Waals surface area contributed by atoms with Gasteiger partial charge in [0.1, 0.15) is 5.82 Å². The van der Waals surface area contributed by atoms with Crippen molar-refractivity contribution in [2.24, 2.45) is 0 Å². The smallest absolute Gasteiger partial charge is 0.129 e. The minimum Gasteiger partial charge on any atom is -0.356 e. The first-order valence-electron chi connectivity index (χ1n) is 8.14. The van der Waals surface area contributed by atoms with Gasteiger partial charge in [0.25, 0.3) is 0 Å². The van der Waals surface area contributed by atoms with E-state index in [-0.39, 0.29) is 0 Å². The van der Waals surface area contributed by atoms with Gasteiger partial charge in [-0.1, -0.05) is 27.2 Å². The summed E-state index contributed by atoms with van der Waals surface area (Å²) in [6.45, 7) is 7.53. The summed E-state index contributed by atoms with van der Waals surface area (Å²) in [5.74, 6) is 3.66. The van der Waals surface area contributed by atoms with Crippen molar-refractivity contribution in [2.75, 3.05) is 23.5 Å². The Morgan fingerprint density at radius 3 is 2.86 bits per heavy atom. The van der Waals surface area contributed by atoms with E-state index in [4.69, 9.17) is 4.98 Å². The van der Waals surface area contributed by atoms with Crippen molar-refractivity contribution in [2.45, 2.75) is 58.7 Å². The minimum absolute atomic E-state index is 0.514. The Morgan fingerprint density at radius 1 is 1.43 bits per heavy atom. The highest BCUT2D eigenvalue weighted by Gasteiger charge is 2.21. The summed E-state index contributed by atoms with van der Waals surface area (Å²) in [4.78, 5) is 7.27. The first-order valence-corrected chi connectivity index (χ1v) is 9.29. The van der Waals surface area contributed by atoms with Gasteiger partial charge >= 0.3 is 0 Å². The predicted octanol–water partition coefficient (Wildman–Crippen LogP) is 3.47. The highest BCUT2D eigenvalue weighted by Crippen LogP contribution is 2.26. The zero-order chi connectivity index (χ0) is 15.2. The number of hydrogen-bond acceptors (Lipinski definition) is 4. The Labute approximate surface area is 133 Å². The Kier molecular flexibility index (Phi) is 6.37. The molecule has 1 fully saturated rings. The summed E-state index contributed by atoms with van der Waals surface area (Å²) >= 11 is 2.06. The molecule has 1 N–H and O–H groups in total. The first-order chi connectivity index (χ1) is 10.1. The molecule has 0 amide bonds. The van der Waals surface area contributed by atoms with E-state index < -0.39 is 0 Å². The third-order valence-corrected chi connectivity index (χ3v) is 5.10. The maximum absolute atomic E-state index is 4.88. The van der Waals surface area contributed by atoms with E-state index in [0.29, 0.717) is 12.1 Å². The van der Waals surface area contributed by atoms with Crippen LogP contribution in [0.3, 0.4) is 0 Å². The molecule has 21 heavy (non-hydrogen) atoms. The lowest BCUT2D eigenvalue weighted by molar-refractivity contribution is 0.587. The van der Waals surface area contributed by atoms with Crippen LogP contribution in [-0.4, -0.2) is 35.6 Å². The molecule has 118 valence electrons. The van der Waals surface area contributed by atoms with Crippen molar-refractivity contribution in [1.82, 2.24) is 10.3 Å². The van der Waals surface area contributed by atoms with Gasteiger partial charge in [-0.25, -0.2) is 4.98 Å². The fourth-order valence-electron chi connectivity index (χ4n) is 2.64. The molecule has 1 aliphatic rings. The zero-order valence-electron chi connectivity index (χ0n) is 13.9. The molecule has 0 saturated carbocycles. The number of aryl methyl sites for hydroxylation is 1. The molecule has 0 spiro atoms. The molecule has 0 aliphatic carbocycles. The Hall–Kier alpha value is -0.740. The van der Waals surface area contributed by atoms with Gasteiger partial charge in [0.2, 0.25) is 0 Å². The monoisotopic (exact) mass is 307 g/mol. The molecule has 0 aromatic carbocycles. The second-order valence-corrected chi connectivity index (χ2v) is 7.39. The van der Waals surface area contributed by atoms with Crippen LogP contribution in [0.5, 0.6) is 0 Å². The molecule has 1 atom stereocenters. The van der Waals surface area contributed by atoms with E-state index in [9.17, 15) is 0 Å². The van der Waals surface area contributed by atoms with E-state index in [1.165, 1.54) is 29.2 Å². The van der Waals surface area contributed by atoms with E-state index in [2.05, 4.69) is 61.9 Å². The topological polar surface area (TPSA) is 28.2 Å². The summed E-state index contributed by atoms with van der Waals surface area (Å²) in [6.07, 6.45) is 3.49. The average molecular weight is 308 g/mol. The van der Waals surface area contributed by atoms with E-state index >= 15 is 0 Å². The Morgan fingerprint density at radius 2 is 2.24 bits per heavy atom. The molecule has 2 heterocycles. The number of pyridine rings is 1. The second-order valence-electron chi connectivity index (χ2n) is 6.24. The summed E-state index contributed by atoms with van der Waals surface area (Å²) in [6, 6.07) is 5.68. The highest BCUT2D eigenvalue weighted by atomic mass is 32.2. The largest absolute Gasteiger partial charge is 0.356 e. The molecule has 1 aromatic rings. The number of hydrogen-bond donors (Lipinski definition) is 1. The van der Waals surface area contributed by atoms with Crippen molar-refractivity contribution in [1.29, 1.82) is 0 Å². The predicted molar refractivity (Wildman–Crippen MR) is 94.3 cm³/mol. The van der Waals surface area contributed by atoms with Crippen molar-refractivity contribution >= 4 is 17.6 Å². The van der Waals surface area contributed by atoms with E-state index in [1.54, 1.807) is 0 Å². The molecule has 0 radical (unpaired) electrons. The van der Waals surface area contributed by atoms with Gasteiger partial charge in [-0.05, 0) is 36.3 Å². The third kappa shape index (κ3) is 4.89. The molecule has 3 nitrogen and oxygen atoms in total. The van der Waals surface area contributed by atoms with Gasteiger partial charge in [-0.3, -0.25) is 0 Å². The summed E-state index contributed by atoms with van der Waals surface area (Å²) in [7, 11) is 2.20. The van der Waals surface area contributed by atoms with Crippen LogP contribution in [0.1, 0.15) is 44.9 Å². The van der Waals surface area contributed by atoms with Gasteiger partial charge in [-0.2, -0.15) is 11.8 Å². The zero-order valence-corrected chi connectivity index (χ0v) is 14.7. The molecule has 4 heteroatoms. The lowest BCUT2D eigenvalue weighted by Crippen LogP contribution is -2.32. The molecule has 1 aromatic heterocycles. The molecular weight excluding hydrogens is 278 g/mol. The average Bonchev–Trinajstić information content (AvgIpc) is 2.98. The van der Waals surface area contributed by atoms with Crippen LogP contribution in [0.15, 0.2) is 12.1 Å². The Balaban J connectivity index is 2.17. The number of anilines is 1. The summed E-state index contributed by atoms with van der Waals surface area (Å²) in [5, 5.41) is 3.52. The van der Waals surface area contributed by atoms with Crippen LogP contribution in [-0.2, 0) is 13.0 Å². The third-order valence-electron chi connectivity index (χ3n) is 3.96. The standard InChI is InChI=1S/C17H29N3S/c1-5-6-15-9-14(11-18-13(2)3)10-17(19-15)20(4)16-7-8-21-12-16/h9-10,13,16,18H,5-8,11-12H2,1-4H3. The number of aromatic nitrogens is 1. The summed E-state index contributed by atoms with van der Waals surface area (Å²) < 4.78 is 0. The molecule has 1 aliphatic heterocycles. The normalized spacial score (nSPS) is 18.4. The van der Waals surface area contributed by atoms with Crippen LogP contribution in [0.4, 0.5) is 5.82 Å². The first kappa shape index (κ1) is 16.6. The van der Waals surface area contributed by atoms with Gasteiger partial charge < -0.3 is 10.2 Å². The van der Waals surface area contributed by atoms with Crippen LogP contribution in [0.25, 0.3) is 0 Å². The van der Waals surface area contributed by atoms with Gasteiger partial charge in [0.15, 0.2) is 0 Å². The second kappa shape index (κ2) is 8.04. The van der Waals surface area contributed by atoms with E-state index in [1.807, 2.05) is 0 Å². The maximum Gasteiger partial charge on any atom is 0.129 e. The lowest BCUT2D eigenvalue weighted by atomic mass is 10.1. The van der Waals surface area contributed by atoms with Crippen molar-refractivity contribution < 1.29 is 0 Å². The van der Waals surface area contributed by atoms with Crippen LogP contribution in [0.2, 0.25) is 0 Å². The number of rotatable bonds is 7. The van der Waals surface area contributed by atoms with Gasteiger partial charge in [0.05, 0.1) is 0 Å². The number of thioether (sulfide) groups is 1. The summed E-state index contributed by atoms with van der Waals surface area (Å²) in [5.41, 5.74) is 2.59. The van der Waals surface area contributed by atoms with Crippen LogP contribution < -0.4 is 10.2 Å². The van der Waals surface area contributed by atoms with Crippen molar-refractivity contribution in [3.8, 4) is 0 Å². The van der Waals surface area contributed by atoms with Gasteiger partial charge in [0, 0.05) is 37.1 Å². The van der Waals surface area contributed by atoms with Crippen molar-refractivity contribution in [3.05, 3.63) is 23.4 Å². The maximum atomic E-state index is 4.88.